The summed E-state index contributed by atoms with van der Waals surface area (Å²) in [5.41, 5.74) is -0.0728. The molecule has 11 heteroatoms. The molecule has 1 saturated heterocycles. The zero-order valence-corrected chi connectivity index (χ0v) is 20.1. The van der Waals surface area contributed by atoms with E-state index in [0.29, 0.717) is 12.8 Å². The topological polar surface area (TPSA) is 126 Å². The number of hydrogen-bond acceptors (Lipinski definition) is 7. The molecule has 1 aromatic carbocycles. The summed E-state index contributed by atoms with van der Waals surface area (Å²) in [5, 5.41) is 8.48. The fraction of sp³-hybridized carbons (Fsp3) is 0.478. The number of aromatic nitrogens is 2. The number of nitriles is 1. The number of sulfone groups is 1. The molecule has 10 nitrogen and oxygen atoms in total. The highest BCUT2D eigenvalue weighted by atomic mass is 32.2. The van der Waals surface area contributed by atoms with Crippen molar-refractivity contribution in [2.75, 3.05) is 6.54 Å². The molecule has 1 aliphatic carbocycles. The third kappa shape index (κ3) is 4.77. The summed E-state index contributed by atoms with van der Waals surface area (Å²) in [6.07, 6.45) is 7.43. The van der Waals surface area contributed by atoms with E-state index in [1.165, 1.54) is 12.1 Å². The van der Waals surface area contributed by atoms with Crippen molar-refractivity contribution in [3.63, 3.8) is 0 Å². The highest BCUT2D eigenvalue weighted by molar-refractivity contribution is 7.92. The van der Waals surface area contributed by atoms with Crippen molar-refractivity contribution < 1.29 is 22.7 Å². The van der Waals surface area contributed by atoms with Gasteiger partial charge in [-0.15, -0.1) is 0 Å². The largest absolute Gasteiger partial charge is 0.444 e. The Morgan fingerprint density at radius 3 is 2.41 bits per heavy atom. The van der Waals surface area contributed by atoms with Gasteiger partial charge in [0.25, 0.3) is 5.91 Å². The van der Waals surface area contributed by atoms with Crippen LogP contribution < -0.4 is 0 Å². The summed E-state index contributed by atoms with van der Waals surface area (Å²) >= 11 is 0. The highest BCUT2D eigenvalue weighted by Crippen LogP contribution is 2.33. The Hall–Kier alpha value is -3.39. The third-order valence-electron chi connectivity index (χ3n) is 5.84. The van der Waals surface area contributed by atoms with E-state index >= 15 is 0 Å². The molecule has 2 aromatic rings. The fourth-order valence-electron chi connectivity index (χ4n) is 4.00. The maximum absolute atomic E-state index is 13.5. The van der Waals surface area contributed by atoms with Crippen molar-refractivity contribution in [1.29, 1.82) is 5.26 Å². The number of ether oxygens (including phenoxy) is 1. The Labute approximate surface area is 198 Å². The van der Waals surface area contributed by atoms with E-state index in [2.05, 4.69) is 4.98 Å². The lowest BCUT2D eigenvalue weighted by Crippen LogP contribution is -2.48. The first-order valence-electron chi connectivity index (χ1n) is 11.1. The number of hydrogen-bond donors (Lipinski definition) is 0. The van der Waals surface area contributed by atoms with E-state index in [0.717, 1.165) is 15.5 Å². The van der Waals surface area contributed by atoms with Gasteiger partial charge < -0.3 is 9.30 Å². The Morgan fingerprint density at radius 2 is 1.88 bits per heavy atom. The van der Waals surface area contributed by atoms with Gasteiger partial charge in [-0.2, -0.15) is 5.26 Å². The summed E-state index contributed by atoms with van der Waals surface area (Å²) in [6.45, 7) is 4.89. The molecule has 0 radical (unpaired) electrons. The minimum atomic E-state index is -3.87. The van der Waals surface area contributed by atoms with Crippen LogP contribution in [-0.2, 0) is 19.4 Å². The van der Waals surface area contributed by atoms with Gasteiger partial charge in [0.05, 0.1) is 16.5 Å². The lowest BCUT2D eigenvalue weighted by Gasteiger charge is -2.29. The molecule has 0 bridgehead atoms. The quantitative estimate of drug-likeness (QED) is 0.470. The SMILES string of the molecule is CC(C)(C)OC(=O)N1C[C@H](S(=O)(=O)c2ccc(-n3ccnc3)cc2)C[C@H]1C(=O)N(C#N)C1CC1. The minimum Gasteiger partial charge on any atom is -0.444 e. The summed E-state index contributed by atoms with van der Waals surface area (Å²) in [5.74, 6) is -0.566. The van der Waals surface area contributed by atoms with E-state index < -0.39 is 38.7 Å². The number of benzene rings is 1. The Kier molecular flexibility index (Phi) is 6.12. The average Bonchev–Trinajstić information content (AvgIpc) is 3.27. The van der Waals surface area contributed by atoms with E-state index in [1.54, 1.807) is 56.2 Å². The van der Waals surface area contributed by atoms with Crippen LogP contribution in [0.15, 0.2) is 47.9 Å². The highest BCUT2D eigenvalue weighted by Gasteiger charge is 2.49. The van der Waals surface area contributed by atoms with Crippen LogP contribution in [0.2, 0.25) is 0 Å². The molecule has 1 aliphatic heterocycles. The van der Waals surface area contributed by atoms with Gasteiger partial charge in [0.2, 0.25) is 0 Å². The zero-order valence-electron chi connectivity index (χ0n) is 19.3. The van der Waals surface area contributed by atoms with Crippen molar-refractivity contribution >= 4 is 21.8 Å². The molecule has 180 valence electrons. The van der Waals surface area contributed by atoms with E-state index in [9.17, 15) is 23.3 Å². The van der Waals surface area contributed by atoms with Gasteiger partial charge in [-0.05, 0) is 64.3 Å². The number of rotatable bonds is 5. The van der Waals surface area contributed by atoms with Gasteiger partial charge in [0, 0.05) is 30.7 Å². The molecular weight excluding hydrogens is 458 g/mol. The first-order chi connectivity index (χ1) is 16.0. The number of amides is 2. The van der Waals surface area contributed by atoms with Crippen molar-refractivity contribution in [3.8, 4) is 11.9 Å². The first-order valence-corrected chi connectivity index (χ1v) is 12.6. The van der Waals surface area contributed by atoms with Gasteiger partial charge in [-0.3, -0.25) is 9.69 Å². The summed E-state index contributed by atoms with van der Waals surface area (Å²) in [6, 6.07) is 5.07. The second-order valence-electron chi connectivity index (χ2n) is 9.55. The predicted octanol–water partition coefficient (Wildman–Crippen LogP) is 2.50. The second-order valence-corrected chi connectivity index (χ2v) is 11.8. The lowest BCUT2D eigenvalue weighted by atomic mass is 10.2. The number of nitrogens with zero attached hydrogens (tertiary/aromatic N) is 5. The van der Waals surface area contributed by atoms with Crippen LogP contribution in [0.3, 0.4) is 0 Å². The summed E-state index contributed by atoms with van der Waals surface area (Å²) < 4.78 is 34.1. The molecule has 2 amide bonds. The Balaban J connectivity index is 1.60. The number of imidazole rings is 1. The molecule has 34 heavy (non-hydrogen) atoms. The normalized spacial score (nSPS) is 20.6. The van der Waals surface area contributed by atoms with E-state index in [-0.39, 0.29) is 23.9 Å². The van der Waals surface area contributed by atoms with Crippen LogP contribution in [0.5, 0.6) is 0 Å². The number of likely N-dealkylation sites (tertiary alicyclic amines) is 1. The number of carbonyl (C=O) groups excluding carboxylic acids is 2. The first kappa shape index (κ1) is 23.8. The third-order valence-corrected chi connectivity index (χ3v) is 7.99. The van der Waals surface area contributed by atoms with Gasteiger partial charge >= 0.3 is 6.09 Å². The molecule has 2 aliphatic rings. The van der Waals surface area contributed by atoms with Crippen LogP contribution in [0.1, 0.15) is 40.0 Å². The van der Waals surface area contributed by atoms with Gasteiger partial charge in [-0.25, -0.2) is 23.1 Å². The molecule has 1 saturated carbocycles. The second kappa shape index (κ2) is 8.76. The van der Waals surface area contributed by atoms with Crippen molar-refractivity contribution in [1.82, 2.24) is 19.4 Å². The predicted molar refractivity (Wildman–Crippen MR) is 121 cm³/mol. The molecule has 2 heterocycles. The van der Waals surface area contributed by atoms with Crippen molar-refractivity contribution in [3.05, 3.63) is 43.0 Å². The molecule has 2 atom stereocenters. The van der Waals surface area contributed by atoms with Crippen LogP contribution in [0, 0.1) is 11.5 Å². The van der Waals surface area contributed by atoms with Gasteiger partial charge in [-0.1, -0.05) is 0 Å². The minimum absolute atomic E-state index is 0.0953. The maximum Gasteiger partial charge on any atom is 0.411 e. The average molecular weight is 486 g/mol. The van der Waals surface area contributed by atoms with E-state index in [4.69, 9.17) is 4.74 Å². The molecule has 2 fully saturated rings. The van der Waals surface area contributed by atoms with Crippen molar-refractivity contribution in [2.24, 2.45) is 0 Å². The van der Waals surface area contributed by atoms with Crippen molar-refractivity contribution in [2.45, 2.75) is 67.9 Å². The lowest BCUT2D eigenvalue weighted by molar-refractivity contribution is -0.133. The molecule has 1 aromatic heterocycles. The monoisotopic (exact) mass is 485 g/mol. The number of carbonyl (C=O) groups is 2. The molecule has 0 N–H and O–H groups in total. The summed E-state index contributed by atoms with van der Waals surface area (Å²) in [4.78, 5) is 32.4. The Morgan fingerprint density at radius 1 is 1.21 bits per heavy atom. The molecule has 0 spiro atoms. The van der Waals surface area contributed by atoms with Crippen LogP contribution in [0.4, 0.5) is 4.79 Å². The molecular formula is C23H27N5O5S. The molecule has 4 rings (SSSR count). The van der Waals surface area contributed by atoms with Gasteiger partial charge in [0.1, 0.15) is 11.6 Å². The molecule has 0 unspecified atom stereocenters. The maximum atomic E-state index is 13.5. The zero-order chi connectivity index (χ0) is 24.7. The van der Waals surface area contributed by atoms with Crippen LogP contribution in [0.25, 0.3) is 5.69 Å². The van der Waals surface area contributed by atoms with E-state index in [1.807, 2.05) is 6.19 Å². The Bertz CT molecular complexity index is 1210. The van der Waals surface area contributed by atoms with Crippen LogP contribution >= 0.6 is 0 Å². The van der Waals surface area contributed by atoms with Gasteiger partial charge in [0.15, 0.2) is 16.0 Å². The fourth-order valence-corrected chi connectivity index (χ4v) is 5.69. The summed E-state index contributed by atoms with van der Waals surface area (Å²) in [7, 11) is -3.87. The van der Waals surface area contributed by atoms with Crippen LogP contribution in [-0.4, -0.2) is 69.2 Å². The standard InChI is InChI=1S/C23H27N5O5S/c1-23(2,3)33-22(30)27-13-19(12-20(27)21(29)28(14-24)17-4-5-17)34(31,32)18-8-6-16(7-9-18)26-11-10-25-15-26/h6-11,15,17,19-20H,4-5,12-13H2,1-3H3/t19-,20+/m1/s1. The smallest absolute Gasteiger partial charge is 0.411 e.